The van der Waals surface area contributed by atoms with Gasteiger partial charge in [-0.1, -0.05) is 19.8 Å². The van der Waals surface area contributed by atoms with Crippen LogP contribution in [0.1, 0.15) is 39.0 Å². The van der Waals surface area contributed by atoms with Crippen LogP contribution in [-0.2, 0) is 4.79 Å². The van der Waals surface area contributed by atoms with Gasteiger partial charge < -0.3 is 5.11 Å². The molecule has 1 rings (SSSR count). The number of carboxylic acid groups (broad SMARTS) is 1. The molecule has 0 bridgehead atoms. The van der Waals surface area contributed by atoms with Crippen LogP contribution in [0.5, 0.6) is 0 Å². The van der Waals surface area contributed by atoms with Crippen molar-refractivity contribution in [3.63, 3.8) is 0 Å². The number of likely N-dealkylation sites (tertiary alicyclic amines) is 1. The first kappa shape index (κ1) is 10.5. The van der Waals surface area contributed by atoms with E-state index in [1.807, 2.05) is 0 Å². The Kier molecular flexibility index (Phi) is 4.22. The fourth-order valence-corrected chi connectivity index (χ4v) is 1.94. The summed E-state index contributed by atoms with van der Waals surface area (Å²) in [4.78, 5) is 12.9. The standard InChI is InChI=1S/C10H19NO2/c1-2-3-4-7-11-8-5-6-9(11)10(12)13/h9H,2-8H2,1H3,(H,12,13)/t9-/m0/s1. The van der Waals surface area contributed by atoms with Gasteiger partial charge in [0.2, 0.25) is 0 Å². The minimum atomic E-state index is -0.644. The SMILES string of the molecule is CCCCCN1CCC[C@H]1C(=O)O. The maximum Gasteiger partial charge on any atom is 0.320 e. The molecule has 0 aromatic rings. The minimum Gasteiger partial charge on any atom is -0.480 e. The fourth-order valence-electron chi connectivity index (χ4n) is 1.94. The molecule has 0 saturated carbocycles. The van der Waals surface area contributed by atoms with Gasteiger partial charge in [0.1, 0.15) is 6.04 Å². The number of carbonyl (C=O) groups is 1. The predicted molar refractivity (Wildman–Crippen MR) is 51.8 cm³/mol. The van der Waals surface area contributed by atoms with Crippen molar-refractivity contribution in [1.82, 2.24) is 4.90 Å². The van der Waals surface area contributed by atoms with Gasteiger partial charge in [-0.3, -0.25) is 9.69 Å². The molecule has 76 valence electrons. The molecule has 0 aromatic heterocycles. The molecule has 3 nitrogen and oxygen atoms in total. The van der Waals surface area contributed by atoms with E-state index in [-0.39, 0.29) is 6.04 Å². The molecule has 1 N–H and O–H groups in total. The van der Waals surface area contributed by atoms with Crippen molar-refractivity contribution < 1.29 is 9.90 Å². The monoisotopic (exact) mass is 185 g/mol. The molecule has 0 radical (unpaired) electrons. The van der Waals surface area contributed by atoms with E-state index in [1.165, 1.54) is 12.8 Å². The van der Waals surface area contributed by atoms with Crippen molar-refractivity contribution in [2.45, 2.75) is 45.1 Å². The van der Waals surface area contributed by atoms with Gasteiger partial charge in [0.25, 0.3) is 0 Å². The second-order valence-corrected chi connectivity index (χ2v) is 3.74. The van der Waals surface area contributed by atoms with Crippen molar-refractivity contribution in [3.8, 4) is 0 Å². The van der Waals surface area contributed by atoms with E-state index < -0.39 is 5.97 Å². The summed E-state index contributed by atoms with van der Waals surface area (Å²) in [6.07, 6.45) is 5.43. The van der Waals surface area contributed by atoms with E-state index in [0.29, 0.717) is 0 Å². The molecule has 1 fully saturated rings. The van der Waals surface area contributed by atoms with Crippen LogP contribution in [0.25, 0.3) is 0 Å². The summed E-state index contributed by atoms with van der Waals surface area (Å²) in [7, 11) is 0. The lowest BCUT2D eigenvalue weighted by Crippen LogP contribution is -2.36. The molecule has 0 spiro atoms. The smallest absolute Gasteiger partial charge is 0.320 e. The molecule has 1 atom stereocenters. The van der Waals surface area contributed by atoms with E-state index in [0.717, 1.165) is 32.4 Å². The summed E-state index contributed by atoms with van der Waals surface area (Å²) in [6.45, 7) is 4.10. The summed E-state index contributed by atoms with van der Waals surface area (Å²) in [5.41, 5.74) is 0. The normalized spacial score (nSPS) is 23.6. The maximum absolute atomic E-state index is 10.8. The van der Waals surface area contributed by atoms with Crippen LogP contribution in [0, 0.1) is 0 Å². The first-order valence-corrected chi connectivity index (χ1v) is 5.22. The van der Waals surface area contributed by atoms with Gasteiger partial charge in [-0.05, 0) is 32.4 Å². The Morgan fingerprint density at radius 2 is 2.31 bits per heavy atom. The molecule has 0 aromatic carbocycles. The third kappa shape index (κ3) is 2.99. The molecular weight excluding hydrogens is 166 g/mol. The van der Waals surface area contributed by atoms with Gasteiger partial charge in [-0.2, -0.15) is 0 Å². The molecule has 1 aliphatic heterocycles. The molecule has 1 heterocycles. The van der Waals surface area contributed by atoms with Crippen molar-refractivity contribution in [2.24, 2.45) is 0 Å². The number of hydrogen-bond donors (Lipinski definition) is 1. The Hall–Kier alpha value is -0.570. The number of unbranched alkanes of at least 4 members (excludes halogenated alkanes) is 2. The highest BCUT2D eigenvalue weighted by molar-refractivity contribution is 5.73. The van der Waals surface area contributed by atoms with Gasteiger partial charge >= 0.3 is 5.97 Å². The lowest BCUT2D eigenvalue weighted by atomic mass is 10.2. The van der Waals surface area contributed by atoms with Gasteiger partial charge in [0.15, 0.2) is 0 Å². The fraction of sp³-hybridized carbons (Fsp3) is 0.900. The second-order valence-electron chi connectivity index (χ2n) is 3.74. The highest BCUT2D eigenvalue weighted by Crippen LogP contribution is 2.17. The zero-order chi connectivity index (χ0) is 9.68. The highest BCUT2D eigenvalue weighted by Gasteiger charge is 2.29. The van der Waals surface area contributed by atoms with Gasteiger partial charge in [0.05, 0.1) is 0 Å². The number of rotatable bonds is 5. The van der Waals surface area contributed by atoms with E-state index in [9.17, 15) is 4.79 Å². The summed E-state index contributed by atoms with van der Waals surface area (Å²) < 4.78 is 0. The molecular formula is C10H19NO2. The number of nitrogens with zero attached hydrogens (tertiary/aromatic N) is 1. The van der Waals surface area contributed by atoms with Gasteiger partial charge in [0, 0.05) is 0 Å². The Balaban J connectivity index is 2.27. The van der Waals surface area contributed by atoms with Gasteiger partial charge in [-0.25, -0.2) is 0 Å². The van der Waals surface area contributed by atoms with Crippen molar-refractivity contribution in [1.29, 1.82) is 0 Å². The maximum atomic E-state index is 10.8. The summed E-state index contributed by atoms with van der Waals surface area (Å²) in [5.74, 6) is -0.644. The first-order valence-electron chi connectivity index (χ1n) is 5.22. The summed E-state index contributed by atoms with van der Waals surface area (Å²) in [5, 5.41) is 8.90. The van der Waals surface area contributed by atoms with Crippen LogP contribution < -0.4 is 0 Å². The molecule has 0 unspecified atom stereocenters. The van der Waals surface area contributed by atoms with Crippen LogP contribution in [0.2, 0.25) is 0 Å². The van der Waals surface area contributed by atoms with Crippen molar-refractivity contribution >= 4 is 5.97 Å². The van der Waals surface area contributed by atoms with E-state index in [2.05, 4.69) is 11.8 Å². The summed E-state index contributed by atoms with van der Waals surface area (Å²) >= 11 is 0. The zero-order valence-corrected chi connectivity index (χ0v) is 8.33. The lowest BCUT2D eigenvalue weighted by Gasteiger charge is -2.20. The van der Waals surface area contributed by atoms with Crippen LogP contribution >= 0.6 is 0 Å². The van der Waals surface area contributed by atoms with Gasteiger partial charge in [-0.15, -0.1) is 0 Å². The number of hydrogen-bond acceptors (Lipinski definition) is 2. The van der Waals surface area contributed by atoms with Crippen molar-refractivity contribution in [3.05, 3.63) is 0 Å². The third-order valence-corrected chi connectivity index (χ3v) is 2.70. The molecule has 1 aliphatic rings. The van der Waals surface area contributed by atoms with Crippen LogP contribution in [0.15, 0.2) is 0 Å². The topological polar surface area (TPSA) is 40.5 Å². The first-order chi connectivity index (χ1) is 6.25. The molecule has 0 amide bonds. The molecule has 0 aliphatic carbocycles. The quantitative estimate of drug-likeness (QED) is 0.663. The molecule has 13 heavy (non-hydrogen) atoms. The van der Waals surface area contributed by atoms with Crippen LogP contribution in [-0.4, -0.2) is 35.1 Å². The minimum absolute atomic E-state index is 0.197. The zero-order valence-electron chi connectivity index (χ0n) is 8.33. The Morgan fingerprint density at radius 1 is 1.54 bits per heavy atom. The molecule has 1 saturated heterocycles. The lowest BCUT2D eigenvalue weighted by molar-refractivity contribution is -0.142. The highest BCUT2D eigenvalue weighted by atomic mass is 16.4. The molecule has 3 heteroatoms. The Bertz CT molecular complexity index is 170. The Labute approximate surface area is 79.7 Å². The third-order valence-electron chi connectivity index (χ3n) is 2.70. The largest absolute Gasteiger partial charge is 0.480 e. The van der Waals surface area contributed by atoms with E-state index in [1.54, 1.807) is 0 Å². The average molecular weight is 185 g/mol. The number of carboxylic acids is 1. The number of aliphatic carboxylic acids is 1. The second kappa shape index (κ2) is 5.22. The predicted octanol–water partition coefficient (Wildman–Crippen LogP) is 1.73. The Morgan fingerprint density at radius 3 is 2.92 bits per heavy atom. The summed E-state index contributed by atoms with van der Waals surface area (Å²) in [6, 6.07) is -0.197. The van der Waals surface area contributed by atoms with Crippen LogP contribution in [0.3, 0.4) is 0 Å². The van der Waals surface area contributed by atoms with Crippen LogP contribution in [0.4, 0.5) is 0 Å². The van der Waals surface area contributed by atoms with Crippen molar-refractivity contribution in [2.75, 3.05) is 13.1 Å². The average Bonchev–Trinajstić information content (AvgIpc) is 2.53. The van der Waals surface area contributed by atoms with E-state index >= 15 is 0 Å². The van der Waals surface area contributed by atoms with E-state index in [4.69, 9.17) is 5.11 Å².